The molecule has 0 aliphatic rings. The summed E-state index contributed by atoms with van der Waals surface area (Å²) in [5.41, 5.74) is 6.37. The van der Waals surface area contributed by atoms with E-state index in [-0.39, 0.29) is 0 Å². The summed E-state index contributed by atoms with van der Waals surface area (Å²) in [5.74, 6) is 1.48. The third-order valence-electron chi connectivity index (χ3n) is 1.60. The zero-order valence-electron chi connectivity index (χ0n) is 9.13. The number of hydrogen-bond donors (Lipinski definition) is 1. The first-order valence-electron chi connectivity index (χ1n) is 4.55. The Labute approximate surface area is 86.0 Å². The topological polar surface area (TPSA) is 44.5 Å². The van der Waals surface area contributed by atoms with Crippen LogP contribution < -0.4 is 14.9 Å². The number of rotatable bonds is 3. The molecule has 0 atom stereocenters. The molecule has 2 N–H and O–H groups in total. The van der Waals surface area contributed by atoms with Crippen molar-refractivity contribution >= 4 is 14.0 Å². The second-order valence-corrected chi connectivity index (χ2v) is 8.55. The van der Waals surface area contributed by atoms with E-state index in [2.05, 4.69) is 19.6 Å². The molecule has 0 aliphatic carbocycles. The molecule has 0 saturated heterocycles. The summed E-state index contributed by atoms with van der Waals surface area (Å²) in [6.07, 6.45) is 0. The predicted octanol–water partition coefficient (Wildman–Crippen LogP) is 2.49. The van der Waals surface area contributed by atoms with Crippen LogP contribution in [0.15, 0.2) is 18.2 Å². The SMILES string of the molecule is COc1ccc(N)cc1O[Si](C)(C)C. The lowest BCUT2D eigenvalue weighted by atomic mass is 10.3. The van der Waals surface area contributed by atoms with Gasteiger partial charge in [0.1, 0.15) is 5.75 Å². The molecule has 0 aliphatic heterocycles. The molecule has 0 saturated carbocycles. The van der Waals surface area contributed by atoms with E-state index in [4.69, 9.17) is 14.9 Å². The first-order chi connectivity index (χ1) is 6.42. The summed E-state index contributed by atoms with van der Waals surface area (Å²) in [4.78, 5) is 0. The van der Waals surface area contributed by atoms with Gasteiger partial charge in [-0.05, 0) is 31.8 Å². The van der Waals surface area contributed by atoms with Gasteiger partial charge in [0.15, 0.2) is 5.75 Å². The van der Waals surface area contributed by atoms with Crippen molar-refractivity contribution in [1.29, 1.82) is 0 Å². The van der Waals surface area contributed by atoms with Crippen LogP contribution in [0.5, 0.6) is 11.5 Å². The van der Waals surface area contributed by atoms with Crippen molar-refractivity contribution in [2.24, 2.45) is 0 Å². The Morgan fingerprint density at radius 1 is 1.14 bits per heavy atom. The Hall–Kier alpha value is -1.16. The minimum atomic E-state index is -1.60. The molecule has 0 fully saturated rings. The van der Waals surface area contributed by atoms with E-state index in [9.17, 15) is 0 Å². The Morgan fingerprint density at radius 3 is 2.29 bits per heavy atom. The number of hydrogen-bond acceptors (Lipinski definition) is 3. The summed E-state index contributed by atoms with van der Waals surface area (Å²) in [6, 6.07) is 5.43. The second kappa shape index (κ2) is 3.92. The van der Waals surface area contributed by atoms with Gasteiger partial charge in [-0.15, -0.1) is 0 Å². The quantitative estimate of drug-likeness (QED) is 0.617. The molecule has 0 unspecified atom stereocenters. The molecule has 1 aromatic rings. The average molecular weight is 211 g/mol. The van der Waals surface area contributed by atoms with Crippen LogP contribution in [-0.2, 0) is 0 Å². The number of methoxy groups -OCH3 is 1. The van der Waals surface area contributed by atoms with Crippen LogP contribution in [0.1, 0.15) is 0 Å². The van der Waals surface area contributed by atoms with Gasteiger partial charge in [-0.1, -0.05) is 0 Å². The first kappa shape index (κ1) is 10.9. The first-order valence-corrected chi connectivity index (χ1v) is 7.96. The van der Waals surface area contributed by atoms with Crippen LogP contribution in [0.25, 0.3) is 0 Å². The number of benzene rings is 1. The van der Waals surface area contributed by atoms with E-state index in [1.54, 1.807) is 19.2 Å². The van der Waals surface area contributed by atoms with Gasteiger partial charge in [0.05, 0.1) is 7.11 Å². The number of nitrogens with two attached hydrogens (primary N) is 1. The van der Waals surface area contributed by atoms with Crippen molar-refractivity contribution in [3.05, 3.63) is 18.2 Å². The minimum absolute atomic E-state index is 0.694. The van der Waals surface area contributed by atoms with Crippen LogP contribution in [0.4, 0.5) is 5.69 Å². The molecule has 0 amide bonds. The molecule has 0 aromatic heterocycles. The molecule has 1 rings (SSSR count). The van der Waals surface area contributed by atoms with Crippen LogP contribution in [0.3, 0.4) is 0 Å². The van der Waals surface area contributed by atoms with Crippen molar-refractivity contribution < 1.29 is 9.16 Å². The molecule has 0 bridgehead atoms. The largest absolute Gasteiger partial charge is 0.542 e. The van der Waals surface area contributed by atoms with Gasteiger partial charge in [0, 0.05) is 11.8 Å². The van der Waals surface area contributed by atoms with Crippen LogP contribution in [0.2, 0.25) is 19.6 Å². The van der Waals surface area contributed by atoms with E-state index in [1.807, 2.05) is 6.07 Å². The Bertz CT molecular complexity index is 320. The molecular formula is C10H17NO2Si. The molecule has 0 radical (unpaired) electrons. The highest BCUT2D eigenvalue weighted by atomic mass is 28.4. The van der Waals surface area contributed by atoms with Crippen molar-refractivity contribution in [2.75, 3.05) is 12.8 Å². The van der Waals surface area contributed by atoms with Crippen molar-refractivity contribution in [1.82, 2.24) is 0 Å². The van der Waals surface area contributed by atoms with E-state index in [0.717, 1.165) is 11.5 Å². The molecule has 0 spiro atoms. The summed E-state index contributed by atoms with van der Waals surface area (Å²) in [7, 11) is 0.0234. The van der Waals surface area contributed by atoms with Gasteiger partial charge in [-0.2, -0.15) is 0 Å². The Balaban J connectivity index is 2.99. The summed E-state index contributed by atoms with van der Waals surface area (Å²) in [6.45, 7) is 6.36. The third kappa shape index (κ3) is 2.96. The zero-order valence-corrected chi connectivity index (χ0v) is 10.1. The van der Waals surface area contributed by atoms with E-state index in [0.29, 0.717) is 5.69 Å². The summed E-state index contributed by atoms with van der Waals surface area (Å²) in [5, 5.41) is 0. The van der Waals surface area contributed by atoms with Crippen LogP contribution in [-0.4, -0.2) is 15.4 Å². The van der Waals surface area contributed by atoms with Gasteiger partial charge in [-0.25, -0.2) is 0 Å². The molecule has 3 nitrogen and oxygen atoms in total. The lowest BCUT2D eigenvalue weighted by molar-refractivity contribution is 0.392. The number of nitrogen functional groups attached to an aromatic ring is 1. The molecule has 1 aromatic carbocycles. The lowest BCUT2D eigenvalue weighted by Gasteiger charge is -2.21. The maximum absolute atomic E-state index is 5.84. The highest BCUT2D eigenvalue weighted by Gasteiger charge is 2.18. The lowest BCUT2D eigenvalue weighted by Crippen LogP contribution is -2.29. The highest BCUT2D eigenvalue weighted by Crippen LogP contribution is 2.30. The standard InChI is InChI=1S/C10H17NO2Si/c1-12-9-6-5-8(11)7-10(9)13-14(2,3)4/h5-7H,11H2,1-4H3. The Morgan fingerprint density at radius 2 is 1.79 bits per heavy atom. The van der Waals surface area contributed by atoms with Gasteiger partial charge in [0.2, 0.25) is 8.32 Å². The maximum atomic E-state index is 5.84. The second-order valence-electron chi connectivity index (χ2n) is 4.12. The van der Waals surface area contributed by atoms with Crippen molar-refractivity contribution in [2.45, 2.75) is 19.6 Å². The van der Waals surface area contributed by atoms with E-state index >= 15 is 0 Å². The number of anilines is 1. The summed E-state index contributed by atoms with van der Waals surface area (Å²) >= 11 is 0. The molecule has 14 heavy (non-hydrogen) atoms. The van der Waals surface area contributed by atoms with Crippen molar-refractivity contribution in [3.63, 3.8) is 0 Å². The summed E-state index contributed by atoms with van der Waals surface area (Å²) < 4.78 is 11.0. The van der Waals surface area contributed by atoms with Gasteiger partial charge in [-0.3, -0.25) is 0 Å². The zero-order chi connectivity index (χ0) is 10.8. The minimum Gasteiger partial charge on any atom is -0.542 e. The molecular weight excluding hydrogens is 194 g/mol. The normalized spacial score (nSPS) is 11.1. The molecule has 0 heterocycles. The van der Waals surface area contributed by atoms with Gasteiger partial charge < -0.3 is 14.9 Å². The Kier molecular flexibility index (Phi) is 3.05. The third-order valence-corrected chi connectivity index (χ3v) is 2.44. The molecule has 4 heteroatoms. The van der Waals surface area contributed by atoms with E-state index in [1.165, 1.54) is 0 Å². The smallest absolute Gasteiger partial charge is 0.242 e. The molecule has 78 valence electrons. The van der Waals surface area contributed by atoms with E-state index < -0.39 is 8.32 Å². The fourth-order valence-electron chi connectivity index (χ4n) is 1.10. The predicted molar refractivity (Wildman–Crippen MR) is 61.4 cm³/mol. The number of ether oxygens (including phenoxy) is 1. The van der Waals surface area contributed by atoms with Crippen LogP contribution >= 0.6 is 0 Å². The highest BCUT2D eigenvalue weighted by molar-refractivity contribution is 6.70. The van der Waals surface area contributed by atoms with Gasteiger partial charge in [0.25, 0.3) is 0 Å². The monoisotopic (exact) mass is 211 g/mol. The fourth-order valence-corrected chi connectivity index (χ4v) is 1.92. The maximum Gasteiger partial charge on any atom is 0.242 e. The average Bonchev–Trinajstić information content (AvgIpc) is 2.01. The fraction of sp³-hybridized carbons (Fsp3) is 0.400. The van der Waals surface area contributed by atoms with Gasteiger partial charge >= 0.3 is 0 Å². The van der Waals surface area contributed by atoms with Crippen molar-refractivity contribution in [3.8, 4) is 11.5 Å². The van der Waals surface area contributed by atoms with Crippen LogP contribution in [0, 0.1) is 0 Å².